The van der Waals surface area contributed by atoms with Crippen LogP contribution < -0.4 is 10.2 Å². The topological polar surface area (TPSA) is 75.7 Å². The van der Waals surface area contributed by atoms with Crippen LogP contribution in [0.1, 0.15) is 28.4 Å². The van der Waals surface area contributed by atoms with Gasteiger partial charge in [0.25, 0.3) is 0 Å². The van der Waals surface area contributed by atoms with Crippen molar-refractivity contribution in [1.82, 2.24) is 0 Å². The average Bonchev–Trinajstić information content (AvgIpc) is 2.63. The van der Waals surface area contributed by atoms with E-state index >= 15 is 0 Å². The first-order valence-corrected chi connectivity index (χ1v) is 8.16. The van der Waals surface area contributed by atoms with Crippen LogP contribution in [0.25, 0.3) is 0 Å². The van der Waals surface area contributed by atoms with E-state index in [0.717, 1.165) is 16.8 Å². The Hall–Kier alpha value is -3.15. The smallest absolute Gasteiger partial charge is 0.337 e. The summed E-state index contributed by atoms with van der Waals surface area (Å²) in [5.41, 5.74) is 3.68. The Morgan fingerprint density at radius 2 is 1.69 bits per heavy atom. The molecule has 0 heterocycles. The normalized spacial score (nSPS) is 10.2. The number of benzene rings is 2. The van der Waals surface area contributed by atoms with Gasteiger partial charge in [-0.05, 0) is 55.3 Å². The molecule has 2 rings (SSSR count). The number of methoxy groups -OCH3 is 1. The summed E-state index contributed by atoms with van der Waals surface area (Å²) in [6.45, 7) is 5.16. The van der Waals surface area contributed by atoms with Crippen LogP contribution in [0, 0.1) is 13.8 Å². The molecule has 0 aromatic heterocycles. The van der Waals surface area contributed by atoms with Crippen LogP contribution in [-0.4, -0.2) is 31.4 Å². The number of rotatable bonds is 5. The van der Waals surface area contributed by atoms with Crippen molar-refractivity contribution in [1.29, 1.82) is 0 Å². The van der Waals surface area contributed by atoms with Crippen molar-refractivity contribution >= 4 is 29.2 Å². The predicted molar refractivity (Wildman–Crippen MR) is 100 cm³/mol. The Bertz CT molecular complexity index is 828. The fourth-order valence-corrected chi connectivity index (χ4v) is 2.50. The molecule has 0 fully saturated rings. The number of hydrogen-bond acceptors (Lipinski definition) is 4. The van der Waals surface area contributed by atoms with Gasteiger partial charge in [-0.15, -0.1) is 0 Å². The number of carbonyl (C=O) groups is 3. The van der Waals surface area contributed by atoms with E-state index in [9.17, 15) is 14.4 Å². The minimum Gasteiger partial charge on any atom is -0.465 e. The van der Waals surface area contributed by atoms with Crippen molar-refractivity contribution < 1.29 is 19.1 Å². The number of aryl methyl sites for hydroxylation is 1. The fraction of sp³-hybridized carbons (Fsp3) is 0.250. The number of anilines is 2. The molecule has 2 aromatic rings. The highest BCUT2D eigenvalue weighted by Gasteiger charge is 2.17. The molecule has 136 valence electrons. The van der Waals surface area contributed by atoms with Gasteiger partial charge in [-0.25, -0.2) is 4.79 Å². The lowest BCUT2D eigenvalue weighted by Crippen LogP contribution is -2.36. The van der Waals surface area contributed by atoms with Crippen molar-refractivity contribution in [3.05, 3.63) is 59.2 Å². The summed E-state index contributed by atoms with van der Waals surface area (Å²) in [6, 6.07) is 12.0. The molecule has 0 aliphatic carbocycles. The Morgan fingerprint density at radius 3 is 2.27 bits per heavy atom. The zero-order chi connectivity index (χ0) is 19.3. The van der Waals surface area contributed by atoms with Gasteiger partial charge < -0.3 is 15.0 Å². The number of esters is 1. The molecule has 0 aliphatic heterocycles. The quantitative estimate of drug-likeness (QED) is 0.837. The summed E-state index contributed by atoms with van der Waals surface area (Å²) in [5.74, 6) is -1.03. The molecule has 0 saturated carbocycles. The molecule has 1 N–H and O–H groups in total. The van der Waals surface area contributed by atoms with Crippen molar-refractivity contribution in [3.63, 3.8) is 0 Å². The van der Waals surface area contributed by atoms with Crippen LogP contribution in [0.5, 0.6) is 0 Å². The molecule has 0 spiro atoms. The van der Waals surface area contributed by atoms with E-state index in [1.807, 2.05) is 32.0 Å². The number of hydrogen-bond donors (Lipinski definition) is 1. The lowest BCUT2D eigenvalue weighted by atomic mass is 10.1. The van der Waals surface area contributed by atoms with Gasteiger partial charge in [0, 0.05) is 18.3 Å². The second-order valence-corrected chi connectivity index (χ2v) is 5.94. The molecule has 0 atom stereocenters. The van der Waals surface area contributed by atoms with Crippen molar-refractivity contribution in [2.75, 3.05) is 23.9 Å². The molecule has 0 radical (unpaired) electrons. The van der Waals surface area contributed by atoms with Crippen LogP contribution in [0.3, 0.4) is 0 Å². The number of carbonyl (C=O) groups excluding carboxylic acids is 3. The van der Waals surface area contributed by atoms with Crippen LogP contribution in [0.15, 0.2) is 42.5 Å². The maximum Gasteiger partial charge on any atom is 0.337 e. The summed E-state index contributed by atoms with van der Waals surface area (Å²) in [6.07, 6.45) is 0. The molecule has 0 bridgehead atoms. The molecule has 2 amide bonds. The number of amides is 2. The Labute approximate surface area is 152 Å². The molecule has 6 nitrogen and oxygen atoms in total. The number of nitrogens with zero attached hydrogens (tertiary/aromatic N) is 1. The maximum atomic E-state index is 12.4. The van der Waals surface area contributed by atoms with E-state index in [4.69, 9.17) is 0 Å². The third-order valence-corrected chi connectivity index (χ3v) is 4.16. The zero-order valence-electron chi connectivity index (χ0n) is 15.3. The third-order valence-electron chi connectivity index (χ3n) is 4.16. The standard InChI is InChI=1S/C20H22N2O4/c1-13-6-5-7-18(14(13)2)21-19(24)12-22(15(3)23)17-10-8-16(9-11-17)20(25)26-4/h5-11H,12H2,1-4H3,(H,21,24). The number of ether oxygens (including phenoxy) is 1. The van der Waals surface area contributed by atoms with Gasteiger partial charge in [0.15, 0.2) is 0 Å². The molecule has 0 aliphatic rings. The van der Waals surface area contributed by atoms with Crippen LogP contribution in [0.4, 0.5) is 11.4 Å². The van der Waals surface area contributed by atoms with Gasteiger partial charge in [0.05, 0.1) is 12.7 Å². The fourth-order valence-electron chi connectivity index (χ4n) is 2.50. The van der Waals surface area contributed by atoms with Gasteiger partial charge >= 0.3 is 5.97 Å². The van der Waals surface area contributed by atoms with E-state index in [1.54, 1.807) is 24.3 Å². The number of nitrogens with one attached hydrogen (secondary N) is 1. The summed E-state index contributed by atoms with van der Waals surface area (Å²) < 4.78 is 4.65. The van der Waals surface area contributed by atoms with Crippen LogP contribution in [0.2, 0.25) is 0 Å². The van der Waals surface area contributed by atoms with Gasteiger partial charge in [0.2, 0.25) is 11.8 Å². The highest BCUT2D eigenvalue weighted by atomic mass is 16.5. The molecule has 26 heavy (non-hydrogen) atoms. The van der Waals surface area contributed by atoms with Crippen LogP contribution in [-0.2, 0) is 14.3 Å². The summed E-state index contributed by atoms with van der Waals surface area (Å²) >= 11 is 0. The minimum absolute atomic E-state index is 0.125. The second kappa shape index (κ2) is 8.29. The van der Waals surface area contributed by atoms with E-state index in [2.05, 4.69) is 10.1 Å². The van der Waals surface area contributed by atoms with Gasteiger partial charge in [-0.2, -0.15) is 0 Å². The van der Waals surface area contributed by atoms with E-state index in [1.165, 1.54) is 18.9 Å². The maximum absolute atomic E-state index is 12.4. The molecule has 2 aromatic carbocycles. The average molecular weight is 354 g/mol. The Morgan fingerprint density at radius 1 is 1.04 bits per heavy atom. The SMILES string of the molecule is COC(=O)c1ccc(N(CC(=O)Nc2cccc(C)c2C)C(C)=O)cc1. The lowest BCUT2D eigenvalue weighted by Gasteiger charge is -2.21. The van der Waals surface area contributed by atoms with Gasteiger partial charge in [-0.1, -0.05) is 12.1 Å². The van der Waals surface area contributed by atoms with Crippen molar-refractivity contribution in [3.8, 4) is 0 Å². The summed E-state index contributed by atoms with van der Waals surface area (Å²) in [7, 11) is 1.30. The first-order chi connectivity index (χ1) is 12.3. The second-order valence-electron chi connectivity index (χ2n) is 5.94. The molecule has 0 unspecified atom stereocenters. The Balaban J connectivity index is 2.15. The lowest BCUT2D eigenvalue weighted by molar-refractivity contribution is -0.120. The van der Waals surface area contributed by atoms with Gasteiger partial charge in [0.1, 0.15) is 6.54 Å². The molecular formula is C20H22N2O4. The molecular weight excluding hydrogens is 332 g/mol. The molecule has 0 saturated heterocycles. The van der Waals surface area contributed by atoms with E-state index in [0.29, 0.717) is 11.3 Å². The largest absolute Gasteiger partial charge is 0.465 e. The first kappa shape index (κ1) is 19.2. The zero-order valence-corrected chi connectivity index (χ0v) is 15.3. The van der Waals surface area contributed by atoms with E-state index < -0.39 is 5.97 Å². The summed E-state index contributed by atoms with van der Waals surface area (Å²) in [5, 5.41) is 2.84. The molecule has 6 heteroatoms. The Kier molecular flexibility index (Phi) is 6.11. The van der Waals surface area contributed by atoms with E-state index in [-0.39, 0.29) is 18.4 Å². The monoisotopic (exact) mass is 354 g/mol. The van der Waals surface area contributed by atoms with Crippen molar-refractivity contribution in [2.45, 2.75) is 20.8 Å². The predicted octanol–water partition coefficient (Wildman–Crippen LogP) is 3.08. The van der Waals surface area contributed by atoms with Crippen molar-refractivity contribution in [2.24, 2.45) is 0 Å². The van der Waals surface area contributed by atoms with Gasteiger partial charge in [-0.3, -0.25) is 9.59 Å². The minimum atomic E-state index is -0.460. The highest BCUT2D eigenvalue weighted by Crippen LogP contribution is 2.19. The third kappa shape index (κ3) is 4.47. The summed E-state index contributed by atoms with van der Waals surface area (Å²) in [4.78, 5) is 37.2. The first-order valence-electron chi connectivity index (χ1n) is 8.16. The van der Waals surface area contributed by atoms with Crippen LogP contribution >= 0.6 is 0 Å². The highest BCUT2D eigenvalue weighted by molar-refractivity contribution is 6.02.